The van der Waals surface area contributed by atoms with E-state index in [4.69, 9.17) is 0 Å². The van der Waals surface area contributed by atoms with E-state index in [0.29, 0.717) is 30.6 Å². The molecule has 0 radical (unpaired) electrons. The zero-order valence-corrected chi connectivity index (χ0v) is 14.4. The third-order valence-corrected chi connectivity index (χ3v) is 4.30. The lowest BCUT2D eigenvalue weighted by Crippen LogP contribution is -2.36. The van der Waals surface area contributed by atoms with Crippen molar-refractivity contribution in [2.45, 2.75) is 53.1 Å². The van der Waals surface area contributed by atoms with Crippen molar-refractivity contribution >= 4 is 28.4 Å². The largest absolute Gasteiger partial charge is 0.337 e. The summed E-state index contributed by atoms with van der Waals surface area (Å²) in [5.41, 5.74) is 0.999. The number of amides is 3. The van der Waals surface area contributed by atoms with Crippen molar-refractivity contribution in [3.8, 4) is 0 Å². The monoisotopic (exact) mass is 324 g/mol. The number of carbonyl (C=O) groups excluding carboxylic acids is 2. The van der Waals surface area contributed by atoms with E-state index >= 15 is 0 Å². The Balaban J connectivity index is 1.98. The Labute approximate surface area is 135 Å². The van der Waals surface area contributed by atoms with Crippen LogP contribution in [0.1, 0.15) is 44.7 Å². The average Bonchev–Trinajstić information content (AvgIpc) is 2.77. The summed E-state index contributed by atoms with van der Waals surface area (Å²) >= 11 is 1.45. The van der Waals surface area contributed by atoms with Crippen LogP contribution in [0.2, 0.25) is 0 Å². The molecular weight excluding hydrogens is 300 g/mol. The fourth-order valence-corrected chi connectivity index (χ4v) is 3.35. The molecule has 0 saturated carbocycles. The van der Waals surface area contributed by atoms with Crippen LogP contribution < -0.4 is 10.6 Å². The quantitative estimate of drug-likeness (QED) is 0.894. The van der Waals surface area contributed by atoms with Crippen LogP contribution in [0.5, 0.6) is 0 Å². The summed E-state index contributed by atoms with van der Waals surface area (Å²) in [4.78, 5) is 31.3. The molecule has 0 spiro atoms. The van der Waals surface area contributed by atoms with E-state index in [1.54, 1.807) is 0 Å². The number of aromatic nitrogens is 1. The third-order valence-electron chi connectivity index (χ3n) is 3.31. The first-order chi connectivity index (χ1) is 10.3. The molecule has 1 aromatic rings. The van der Waals surface area contributed by atoms with Crippen LogP contribution in [0.3, 0.4) is 0 Å². The molecule has 2 rings (SSSR count). The molecule has 0 aromatic carbocycles. The highest BCUT2D eigenvalue weighted by molar-refractivity contribution is 7.15. The standard InChI is InChI=1S/C15H24N4O2S/c1-9(2)7-13(20)19-6-5-11-12(8-19)22-15(17-11)18-14(21)16-10(3)4/h9-10H,5-8H2,1-4H3,(H2,16,17,18,21). The summed E-state index contributed by atoms with van der Waals surface area (Å²) in [6.45, 7) is 9.23. The van der Waals surface area contributed by atoms with Gasteiger partial charge in [-0.05, 0) is 19.8 Å². The Morgan fingerprint density at radius 3 is 2.68 bits per heavy atom. The highest BCUT2D eigenvalue weighted by Crippen LogP contribution is 2.28. The maximum Gasteiger partial charge on any atom is 0.321 e. The van der Waals surface area contributed by atoms with Crippen molar-refractivity contribution in [2.75, 3.05) is 11.9 Å². The number of rotatable bonds is 4. The Morgan fingerprint density at radius 1 is 1.32 bits per heavy atom. The predicted octanol–water partition coefficient (Wildman–Crippen LogP) is 2.60. The molecular formula is C15H24N4O2S. The maximum atomic E-state index is 12.2. The first-order valence-electron chi connectivity index (χ1n) is 7.69. The van der Waals surface area contributed by atoms with Crippen LogP contribution in [0.4, 0.5) is 9.93 Å². The Morgan fingerprint density at radius 2 is 2.05 bits per heavy atom. The number of fused-ring (bicyclic) bond motifs is 1. The zero-order chi connectivity index (χ0) is 16.3. The maximum absolute atomic E-state index is 12.2. The van der Waals surface area contributed by atoms with E-state index in [0.717, 1.165) is 17.0 Å². The van der Waals surface area contributed by atoms with Gasteiger partial charge in [0.2, 0.25) is 5.91 Å². The van der Waals surface area contributed by atoms with Crippen molar-refractivity contribution in [2.24, 2.45) is 5.92 Å². The normalized spacial score (nSPS) is 14.2. The molecule has 0 bridgehead atoms. The van der Waals surface area contributed by atoms with Gasteiger partial charge in [-0.15, -0.1) is 0 Å². The number of hydrogen-bond acceptors (Lipinski definition) is 4. The number of carbonyl (C=O) groups is 2. The first-order valence-corrected chi connectivity index (χ1v) is 8.50. The fourth-order valence-electron chi connectivity index (χ4n) is 2.34. The van der Waals surface area contributed by atoms with Crippen LogP contribution in [0, 0.1) is 5.92 Å². The summed E-state index contributed by atoms with van der Waals surface area (Å²) in [6.07, 6.45) is 1.33. The zero-order valence-electron chi connectivity index (χ0n) is 13.6. The summed E-state index contributed by atoms with van der Waals surface area (Å²) < 4.78 is 0. The number of anilines is 1. The van der Waals surface area contributed by atoms with Crippen LogP contribution in [-0.2, 0) is 17.8 Å². The lowest BCUT2D eigenvalue weighted by Gasteiger charge is -2.26. The Kier molecular flexibility index (Phi) is 5.39. The van der Waals surface area contributed by atoms with Gasteiger partial charge >= 0.3 is 6.03 Å². The van der Waals surface area contributed by atoms with E-state index in [1.165, 1.54) is 11.3 Å². The van der Waals surface area contributed by atoms with Gasteiger partial charge in [-0.25, -0.2) is 9.78 Å². The van der Waals surface area contributed by atoms with Gasteiger partial charge in [-0.1, -0.05) is 25.2 Å². The molecule has 0 aliphatic carbocycles. The smallest absolute Gasteiger partial charge is 0.321 e. The van der Waals surface area contributed by atoms with Gasteiger partial charge in [0.15, 0.2) is 5.13 Å². The highest BCUT2D eigenvalue weighted by atomic mass is 32.1. The molecule has 0 atom stereocenters. The molecule has 3 amide bonds. The van der Waals surface area contributed by atoms with Gasteiger partial charge in [0.25, 0.3) is 0 Å². The van der Waals surface area contributed by atoms with Crippen molar-refractivity contribution in [3.05, 3.63) is 10.6 Å². The van der Waals surface area contributed by atoms with Crippen LogP contribution in [-0.4, -0.2) is 34.4 Å². The van der Waals surface area contributed by atoms with E-state index in [2.05, 4.69) is 29.5 Å². The van der Waals surface area contributed by atoms with Gasteiger partial charge in [0.1, 0.15) is 0 Å². The Hall–Kier alpha value is -1.63. The van der Waals surface area contributed by atoms with E-state index in [9.17, 15) is 9.59 Å². The minimum Gasteiger partial charge on any atom is -0.337 e. The van der Waals surface area contributed by atoms with Gasteiger partial charge in [-0.2, -0.15) is 0 Å². The molecule has 2 heterocycles. The molecule has 122 valence electrons. The highest BCUT2D eigenvalue weighted by Gasteiger charge is 2.24. The second-order valence-electron chi connectivity index (χ2n) is 6.31. The van der Waals surface area contributed by atoms with Crippen molar-refractivity contribution in [1.82, 2.24) is 15.2 Å². The third kappa shape index (κ3) is 4.43. The van der Waals surface area contributed by atoms with Crippen molar-refractivity contribution < 1.29 is 9.59 Å². The number of nitrogens with zero attached hydrogens (tertiary/aromatic N) is 2. The topological polar surface area (TPSA) is 74.3 Å². The van der Waals surface area contributed by atoms with Crippen molar-refractivity contribution in [3.63, 3.8) is 0 Å². The van der Waals surface area contributed by atoms with Gasteiger partial charge in [0, 0.05) is 30.3 Å². The molecule has 0 fully saturated rings. The van der Waals surface area contributed by atoms with Crippen molar-refractivity contribution in [1.29, 1.82) is 0 Å². The number of nitrogens with one attached hydrogen (secondary N) is 2. The predicted molar refractivity (Wildman–Crippen MR) is 88.0 cm³/mol. The fraction of sp³-hybridized carbons (Fsp3) is 0.667. The molecule has 0 unspecified atom stereocenters. The number of hydrogen-bond donors (Lipinski definition) is 2. The van der Waals surface area contributed by atoms with E-state index < -0.39 is 0 Å². The van der Waals surface area contributed by atoms with Crippen LogP contribution >= 0.6 is 11.3 Å². The minimum absolute atomic E-state index is 0.0822. The van der Waals surface area contributed by atoms with Crippen LogP contribution in [0.25, 0.3) is 0 Å². The molecule has 1 aliphatic rings. The lowest BCUT2D eigenvalue weighted by atomic mass is 10.1. The van der Waals surface area contributed by atoms with Gasteiger partial charge in [0.05, 0.1) is 12.2 Å². The average molecular weight is 324 g/mol. The first kappa shape index (κ1) is 16.7. The summed E-state index contributed by atoms with van der Waals surface area (Å²) in [7, 11) is 0. The molecule has 1 aliphatic heterocycles. The van der Waals surface area contributed by atoms with Gasteiger partial charge in [-0.3, -0.25) is 10.1 Å². The summed E-state index contributed by atoms with van der Waals surface area (Å²) in [6, 6.07) is -0.160. The lowest BCUT2D eigenvalue weighted by molar-refractivity contribution is -0.132. The summed E-state index contributed by atoms with van der Waals surface area (Å²) in [5, 5.41) is 6.13. The molecule has 0 saturated heterocycles. The van der Waals surface area contributed by atoms with Crippen LogP contribution in [0.15, 0.2) is 0 Å². The molecule has 7 heteroatoms. The second kappa shape index (κ2) is 7.09. The SMILES string of the molecule is CC(C)CC(=O)N1CCc2nc(NC(=O)NC(C)C)sc2C1. The van der Waals surface area contributed by atoms with E-state index in [1.807, 2.05) is 18.7 Å². The molecule has 22 heavy (non-hydrogen) atoms. The molecule has 1 aromatic heterocycles. The molecule has 2 N–H and O–H groups in total. The molecule has 6 nitrogen and oxygen atoms in total. The van der Waals surface area contributed by atoms with Gasteiger partial charge < -0.3 is 10.2 Å². The van der Waals surface area contributed by atoms with E-state index in [-0.39, 0.29) is 18.0 Å². The second-order valence-corrected chi connectivity index (χ2v) is 7.39. The number of urea groups is 1. The number of thiazole rings is 1. The Bertz CT molecular complexity index is 554. The minimum atomic E-state index is -0.242. The summed E-state index contributed by atoms with van der Waals surface area (Å²) in [5.74, 6) is 0.563.